The van der Waals surface area contributed by atoms with Gasteiger partial charge in [0, 0.05) is 10.4 Å². The molecule has 5 aromatic rings. The third-order valence-electron chi connectivity index (χ3n) is 4.96. The van der Waals surface area contributed by atoms with Crippen molar-refractivity contribution in [2.45, 2.75) is 0 Å². The quantitative estimate of drug-likeness (QED) is 0.338. The van der Waals surface area contributed by atoms with Crippen molar-refractivity contribution in [2.24, 2.45) is 5.10 Å². The predicted octanol–water partition coefficient (Wildman–Crippen LogP) is 5.25. The lowest BCUT2D eigenvalue weighted by atomic mass is 10.2. The van der Waals surface area contributed by atoms with Crippen LogP contribution >= 0.6 is 11.6 Å². The Morgan fingerprint density at radius 2 is 1.94 bits per heavy atom. The van der Waals surface area contributed by atoms with Crippen LogP contribution in [0.3, 0.4) is 0 Å². The fraction of sp³-hybridized carbons (Fsp3) is 0.0400. The number of aromatic nitrogens is 2. The van der Waals surface area contributed by atoms with E-state index in [4.69, 9.17) is 26.0 Å². The molecule has 3 aromatic carbocycles. The number of hydrogen-bond acceptors (Lipinski definition) is 6. The maximum atomic E-state index is 13.3. The highest BCUT2D eigenvalue weighted by Gasteiger charge is 2.16. The molecule has 0 aliphatic rings. The summed E-state index contributed by atoms with van der Waals surface area (Å²) in [5.74, 6) is 1.24. The summed E-state index contributed by atoms with van der Waals surface area (Å²) >= 11 is 6.10. The Bertz CT molecular complexity index is 1610. The van der Waals surface area contributed by atoms with Gasteiger partial charge in [-0.2, -0.15) is 15.0 Å². The minimum atomic E-state index is -0.320. The summed E-state index contributed by atoms with van der Waals surface area (Å²) in [4.78, 5) is 17.9. The van der Waals surface area contributed by atoms with E-state index in [1.54, 1.807) is 72.9 Å². The zero-order valence-electron chi connectivity index (χ0n) is 17.1. The number of nitrogens with zero attached hydrogens (tertiary/aromatic N) is 4. The number of benzene rings is 3. The van der Waals surface area contributed by atoms with Crippen LogP contribution in [0.25, 0.3) is 33.5 Å². The molecule has 0 amide bonds. The molecule has 8 heteroatoms. The molecule has 0 aliphatic heterocycles. The van der Waals surface area contributed by atoms with E-state index in [1.807, 2.05) is 12.1 Å². The topological polar surface area (TPSA) is 93.4 Å². The summed E-state index contributed by atoms with van der Waals surface area (Å²) in [5, 5.41) is 14.9. The summed E-state index contributed by atoms with van der Waals surface area (Å²) in [5.41, 5.74) is 1.59. The summed E-state index contributed by atoms with van der Waals surface area (Å²) in [6.45, 7) is -0.0301. The zero-order valence-corrected chi connectivity index (χ0v) is 17.9. The van der Waals surface area contributed by atoms with Gasteiger partial charge in [0.1, 0.15) is 17.4 Å². The van der Waals surface area contributed by atoms with E-state index in [9.17, 15) is 4.79 Å². The number of halogens is 1. The Morgan fingerprint density at radius 1 is 1.12 bits per heavy atom. The molecular weight excluding hydrogens is 440 g/mol. The fourth-order valence-electron chi connectivity index (χ4n) is 3.40. The van der Waals surface area contributed by atoms with Crippen LogP contribution in [0.2, 0.25) is 5.02 Å². The number of nitriles is 1. The van der Waals surface area contributed by atoms with Crippen LogP contribution in [0.5, 0.6) is 5.75 Å². The van der Waals surface area contributed by atoms with Crippen LogP contribution in [0, 0.1) is 11.3 Å². The second-order valence-electron chi connectivity index (χ2n) is 7.12. The van der Waals surface area contributed by atoms with Gasteiger partial charge < -0.3 is 9.15 Å². The van der Waals surface area contributed by atoms with E-state index in [2.05, 4.69) is 10.1 Å². The fourth-order valence-corrected chi connectivity index (χ4v) is 3.59. The van der Waals surface area contributed by atoms with E-state index in [0.717, 1.165) is 10.9 Å². The second kappa shape index (κ2) is 8.61. The van der Waals surface area contributed by atoms with E-state index in [1.165, 1.54) is 4.68 Å². The first-order valence-corrected chi connectivity index (χ1v) is 10.4. The molecule has 33 heavy (non-hydrogen) atoms. The molecule has 5 rings (SSSR count). The largest absolute Gasteiger partial charge is 0.479 e. The Kier molecular flexibility index (Phi) is 5.35. The molecule has 7 nitrogen and oxygen atoms in total. The van der Waals surface area contributed by atoms with E-state index in [-0.39, 0.29) is 18.0 Å². The van der Waals surface area contributed by atoms with Crippen molar-refractivity contribution in [3.8, 4) is 23.4 Å². The van der Waals surface area contributed by atoms with Gasteiger partial charge in [0.25, 0.3) is 5.56 Å². The molecule has 2 heterocycles. The molecule has 0 aliphatic carbocycles. The lowest BCUT2D eigenvalue weighted by molar-refractivity contribution is 0.368. The molecule has 0 saturated carbocycles. The Morgan fingerprint density at radius 3 is 2.76 bits per heavy atom. The van der Waals surface area contributed by atoms with Crippen LogP contribution < -0.4 is 10.3 Å². The van der Waals surface area contributed by atoms with Crippen molar-refractivity contribution < 1.29 is 9.15 Å². The van der Waals surface area contributed by atoms with Crippen molar-refractivity contribution in [1.29, 1.82) is 5.26 Å². The van der Waals surface area contributed by atoms with E-state index in [0.29, 0.717) is 33.0 Å². The average molecular weight is 455 g/mol. The lowest BCUT2D eigenvalue weighted by Crippen LogP contribution is -2.20. The molecule has 0 bridgehead atoms. The molecule has 0 spiro atoms. The van der Waals surface area contributed by atoms with Crippen LogP contribution in [0.4, 0.5) is 0 Å². The molecule has 0 atom stereocenters. The number of furan rings is 1. The zero-order chi connectivity index (χ0) is 22.8. The summed E-state index contributed by atoms with van der Waals surface area (Å²) in [7, 11) is 0. The SMILES string of the molecule is N#CCOc1ccc(C=Nn2c(-c3cc4cc(Cl)ccc4o3)nc3ccccc3c2=O)cc1. The van der Waals surface area contributed by atoms with Gasteiger partial charge in [-0.3, -0.25) is 4.79 Å². The lowest BCUT2D eigenvalue weighted by Gasteiger charge is -2.07. The Balaban J connectivity index is 1.62. The first-order chi connectivity index (χ1) is 16.1. The molecule has 0 unspecified atom stereocenters. The highest BCUT2D eigenvalue weighted by molar-refractivity contribution is 6.31. The second-order valence-corrected chi connectivity index (χ2v) is 7.56. The number of fused-ring (bicyclic) bond motifs is 2. The van der Waals surface area contributed by atoms with Crippen LogP contribution in [0.15, 0.2) is 87.1 Å². The van der Waals surface area contributed by atoms with Gasteiger partial charge in [0.05, 0.1) is 17.1 Å². The highest BCUT2D eigenvalue weighted by atomic mass is 35.5. The molecular formula is C25H15ClN4O3. The van der Waals surface area contributed by atoms with Gasteiger partial charge in [-0.1, -0.05) is 23.7 Å². The molecule has 0 N–H and O–H groups in total. The Labute approximate surface area is 192 Å². The minimum Gasteiger partial charge on any atom is -0.479 e. The standard InChI is InChI=1S/C25H15ClN4O3/c26-18-7-10-22-17(13-18)14-23(33-22)24-29-21-4-2-1-3-20(21)25(31)30(24)28-15-16-5-8-19(9-6-16)32-12-11-27/h1-10,13-15H,12H2. The number of rotatable bonds is 5. The van der Waals surface area contributed by atoms with Crippen LogP contribution in [0.1, 0.15) is 5.56 Å². The van der Waals surface area contributed by atoms with Gasteiger partial charge in [-0.15, -0.1) is 0 Å². The first-order valence-electron chi connectivity index (χ1n) is 9.98. The molecule has 2 aromatic heterocycles. The van der Waals surface area contributed by atoms with Gasteiger partial charge in [0.15, 0.2) is 12.4 Å². The molecule has 0 saturated heterocycles. The van der Waals surface area contributed by atoms with Gasteiger partial charge in [-0.25, -0.2) is 4.98 Å². The molecule has 160 valence electrons. The van der Waals surface area contributed by atoms with Crippen molar-refractivity contribution in [1.82, 2.24) is 9.66 Å². The normalized spacial score (nSPS) is 11.3. The maximum absolute atomic E-state index is 13.3. The highest BCUT2D eigenvalue weighted by Crippen LogP contribution is 2.29. The van der Waals surface area contributed by atoms with E-state index >= 15 is 0 Å². The van der Waals surface area contributed by atoms with Gasteiger partial charge >= 0.3 is 0 Å². The maximum Gasteiger partial charge on any atom is 0.282 e. The van der Waals surface area contributed by atoms with Crippen molar-refractivity contribution >= 4 is 39.7 Å². The van der Waals surface area contributed by atoms with Crippen molar-refractivity contribution in [3.63, 3.8) is 0 Å². The third-order valence-corrected chi connectivity index (χ3v) is 5.19. The number of hydrogen-bond donors (Lipinski definition) is 0. The van der Waals surface area contributed by atoms with Crippen molar-refractivity contribution in [3.05, 3.63) is 93.7 Å². The van der Waals surface area contributed by atoms with Gasteiger partial charge in [-0.05, 0) is 66.2 Å². The number of ether oxygens (including phenoxy) is 1. The van der Waals surface area contributed by atoms with Gasteiger partial charge in [0.2, 0.25) is 5.82 Å². The smallest absolute Gasteiger partial charge is 0.282 e. The average Bonchev–Trinajstić information content (AvgIpc) is 3.26. The first kappa shape index (κ1) is 20.5. The number of para-hydroxylation sites is 1. The van der Waals surface area contributed by atoms with Crippen LogP contribution in [-0.2, 0) is 0 Å². The summed E-state index contributed by atoms with van der Waals surface area (Å²) in [6, 6.07) is 23.1. The van der Waals surface area contributed by atoms with Crippen LogP contribution in [-0.4, -0.2) is 22.5 Å². The minimum absolute atomic E-state index is 0.0301. The Hall–Kier alpha value is -4.41. The summed E-state index contributed by atoms with van der Waals surface area (Å²) < 4.78 is 12.4. The van der Waals surface area contributed by atoms with E-state index < -0.39 is 0 Å². The van der Waals surface area contributed by atoms with Crippen molar-refractivity contribution in [2.75, 3.05) is 6.61 Å². The molecule has 0 radical (unpaired) electrons. The third kappa shape index (κ3) is 4.07. The molecule has 0 fully saturated rings. The predicted molar refractivity (Wildman–Crippen MR) is 127 cm³/mol. The summed E-state index contributed by atoms with van der Waals surface area (Å²) in [6.07, 6.45) is 1.55. The monoisotopic (exact) mass is 454 g/mol.